The average Bonchev–Trinajstić information content (AvgIpc) is 3.82. The first-order valence-corrected chi connectivity index (χ1v) is 22.1. The maximum Gasteiger partial charge on any atom is 0.324 e. The molecule has 0 aliphatic carbocycles. The lowest BCUT2D eigenvalue weighted by molar-refractivity contribution is -0.155. The summed E-state index contributed by atoms with van der Waals surface area (Å²) in [7, 11) is 3.89. The number of piperazine rings is 1. The molecule has 4 aromatic rings. The van der Waals surface area contributed by atoms with Gasteiger partial charge in [0.15, 0.2) is 0 Å². The number of carbonyl (C=O) groups is 3. The van der Waals surface area contributed by atoms with E-state index in [1.165, 1.54) is 16.3 Å². The first-order valence-electron chi connectivity index (χ1n) is 21.2. The molecule has 4 atom stereocenters. The van der Waals surface area contributed by atoms with E-state index in [0.29, 0.717) is 32.4 Å². The maximum absolute atomic E-state index is 14.2. The lowest BCUT2D eigenvalue weighted by atomic mass is 9.84. The summed E-state index contributed by atoms with van der Waals surface area (Å²) in [5.74, 6) is -0.690. The number of esters is 1. The number of nitrogens with one attached hydrogen (secondary N) is 2. The Kier molecular flexibility index (Phi) is 11.7. The van der Waals surface area contributed by atoms with E-state index in [-0.39, 0.29) is 37.1 Å². The van der Waals surface area contributed by atoms with E-state index < -0.39 is 23.5 Å². The number of urea groups is 1. The minimum atomic E-state index is -0.872. The molecule has 0 spiro atoms. The van der Waals surface area contributed by atoms with E-state index in [9.17, 15) is 14.4 Å². The van der Waals surface area contributed by atoms with E-state index in [1.807, 2.05) is 25.4 Å². The highest BCUT2D eigenvalue weighted by Gasteiger charge is 2.37. The predicted octanol–water partition coefficient (Wildman–Crippen LogP) is 5.64. The fourth-order valence-electron chi connectivity index (χ4n) is 8.89. The highest BCUT2D eigenvalue weighted by molar-refractivity contribution is 7.10. The largest absolute Gasteiger partial charge is 0.464 e. The van der Waals surface area contributed by atoms with Crippen molar-refractivity contribution >= 4 is 45.8 Å². The Labute approximate surface area is 351 Å². The van der Waals surface area contributed by atoms with Gasteiger partial charge in [0.2, 0.25) is 0 Å². The topological polar surface area (TPSA) is 137 Å². The number of ether oxygens (including phenoxy) is 2. The number of likely N-dealkylation sites (N-methyl/N-ethyl adjacent to an activating group) is 1. The minimum Gasteiger partial charge on any atom is -0.464 e. The lowest BCUT2D eigenvalue weighted by Gasteiger charge is -2.40. The molecule has 316 valence electrons. The highest BCUT2D eigenvalue weighted by atomic mass is 32.1. The molecule has 2 N–H and O–H groups in total. The number of aromatic nitrogens is 3. The van der Waals surface area contributed by atoms with Gasteiger partial charge in [0.25, 0.3) is 5.91 Å². The molecular weight excluding hydrogens is 767 g/mol. The molecule has 4 aliphatic rings. The molecular formula is C44H59N9O5S. The molecule has 0 saturated carbocycles. The summed E-state index contributed by atoms with van der Waals surface area (Å²) in [6.45, 7) is 16.3. The average molecular weight is 826 g/mol. The molecule has 14 nitrogen and oxygen atoms in total. The van der Waals surface area contributed by atoms with Crippen LogP contribution in [0, 0.1) is 5.41 Å². The second-order valence-corrected chi connectivity index (χ2v) is 18.5. The van der Waals surface area contributed by atoms with Crippen molar-refractivity contribution in [2.24, 2.45) is 5.41 Å². The van der Waals surface area contributed by atoms with Crippen molar-refractivity contribution in [1.82, 2.24) is 40.1 Å². The van der Waals surface area contributed by atoms with Gasteiger partial charge in [0, 0.05) is 98.2 Å². The number of hydrogen-bond acceptors (Lipinski definition) is 11. The van der Waals surface area contributed by atoms with Crippen LogP contribution in [-0.4, -0.2) is 125 Å². The summed E-state index contributed by atoms with van der Waals surface area (Å²) < 4.78 is 14.5. The van der Waals surface area contributed by atoms with E-state index in [2.05, 4.69) is 77.2 Å². The van der Waals surface area contributed by atoms with Gasteiger partial charge in [-0.25, -0.2) is 15.2 Å². The minimum absolute atomic E-state index is 0.113. The van der Waals surface area contributed by atoms with Gasteiger partial charge in [-0.15, -0.1) is 11.3 Å². The van der Waals surface area contributed by atoms with Crippen LogP contribution in [0.3, 0.4) is 0 Å². The second-order valence-electron chi connectivity index (χ2n) is 17.5. The number of aryl methyl sites for hydroxylation is 1. The molecule has 3 amide bonds. The zero-order valence-corrected chi connectivity index (χ0v) is 36.4. The Morgan fingerprint density at radius 3 is 2.63 bits per heavy atom. The van der Waals surface area contributed by atoms with E-state index in [0.717, 1.165) is 94.5 Å². The van der Waals surface area contributed by atoms with Crippen LogP contribution < -0.4 is 15.6 Å². The molecule has 0 unspecified atom stereocenters. The number of rotatable bonds is 6. The van der Waals surface area contributed by atoms with Crippen molar-refractivity contribution in [1.29, 1.82) is 0 Å². The van der Waals surface area contributed by atoms with Gasteiger partial charge in [-0.2, -0.15) is 0 Å². The number of likely N-dealkylation sites (tertiary alicyclic amines) is 1. The number of pyridine rings is 1. The maximum atomic E-state index is 14.2. The Bertz CT molecular complexity index is 2210. The lowest BCUT2D eigenvalue weighted by Crippen LogP contribution is -2.62. The molecule has 59 heavy (non-hydrogen) atoms. The number of carbonyl (C=O) groups excluding carboxylic acids is 3. The molecule has 6 bridgehead atoms. The van der Waals surface area contributed by atoms with Crippen molar-refractivity contribution in [2.45, 2.75) is 97.5 Å². The van der Waals surface area contributed by atoms with Crippen LogP contribution in [0.25, 0.3) is 33.4 Å². The summed E-state index contributed by atoms with van der Waals surface area (Å²) >= 11 is 1.48. The van der Waals surface area contributed by atoms with Crippen LogP contribution in [0.15, 0.2) is 35.8 Å². The number of fused-ring (bicyclic) bond motifs is 6. The van der Waals surface area contributed by atoms with Crippen LogP contribution in [0.4, 0.5) is 10.5 Å². The second kappa shape index (κ2) is 16.8. The quantitative estimate of drug-likeness (QED) is 0.235. The molecule has 8 rings (SSSR count). The third-order valence-electron chi connectivity index (χ3n) is 12.7. The van der Waals surface area contributed by atoms with Crippen LogP contribution in [-0.2, 0) is 38.4 Å². The summed E-state index contributed by atoms with van der Waals surface area (Å²) in [6, 6.07) is 7.12. The normalized spacial score (nSPS) is 23.4. The molecule has 3 saturated heterocycles. The van der Waals surface area contributed by atoms with Crippen LogP contribution in [0.2, 0.25) is 0 Å². The molecule has 1 aromatic carbocycles. The Balaban J connectivity index is 1.26. The van der Waals surface area contributed by atoms with Gasteiger partial charge in [0.05, 0.1) is 46.7 Å². The van der Waals surface area contributed by atoms with E-state index >= 15 is 0 Å². The third kappa shape index (κ3) is 8.31. The predicted molar refractivity (Wildman–Crippen MR) is 230 cm³/mol. The van der Waals surface area contributed by atoms with Crippen molar-refractivity contribution in [3.8, 4) is 22.5 Å². The number of anilines is 1. The standard InChI is InChI=1S/C44H59N9O5S/c1-8-51-37-12-11-29-20-31(37)33(40(51)32-21-30(24-45-39(32)28(3)57-7)50-18-16-49(6)17-19-50)23-44(4,5)26-58-42(55)34-10-9-14-53(48-34)41(54)35(22-38-46-36(29)25-59-38)47-43(56)52-15-13-27(52)2/h11-12,20-21,24-25,27-28,34-35,48H,8-10,13-19,22-23,26H2,1-7H3,(H,47,56)/t27-,28+,34+,35+/m1/s1. The summed E-state index contributed by atoms with van der Waals surface area (Å²) in [5.41, 5.74) is 10.8. The Hall–Kier alpha value is -4.57. The SMILES string of the molecule is CCn1c(-c2cc(N3CCN(C)CC3)cnc2[C@H](C)OC)c2c3cc(ccc31)-c1csc(n1)C[C@H](NC(=O)N1CC[C@H]1C)C(=O)N1CCC[C@H](N1)C(=O)OCC(C)(C)C2. The fraction of sp³-hybridized carbons (Fsp3) is 0.568. The zero-order valence-electron chi connectivity index (χ0n) is 35.5. The zero-order chi connectivity index (χ0) is 41.6. The number of benzene rings is 1. The van der Waals surface area contributed by atoms with Gasteiger partial charge < -0.3 is 34.1 Å². The summed E-state index contributed by atoms with van der Waals surface area (Å²) in [6.07, 6.45) is 4.66. The number of amides is 3. The van der Waals surface area contributed by atoms with Gasteiger partial charge in [-0.1, -0.05) is 19.9 Å². The number of hydrogen-bond donors (Lipinski definition) is 2. The van der Waals surface area contributed by atoms with E-state index in [4.69, 9.17) is 19.4 Å². The number of methoxy groups -OCH3 is 1. The number of nitrogens with zero attached hydrogens (tertiary/aromatic N) is 7. The highest BCUT2D eigenvalue weighted by Crippen LogP contribution is 2.43. The molecule has 3 aromatic heterocycles. The van der Waals surface area contributed by atoms with Crippen LogP contribution in [0.1, 0.15) is 76.3 Å². The number of cyclic esters (lactones) is 1. The fourth-order valence-corrected chi connectivity index (χ4v) is 9.74. The van der Waals surface area contributed by atoms with Crippen molar-refractivity contribution < 1.29 is 23.9 Å². The Morgan fingerprint density at radius 1 is 1.12 bits per heavy atom. The molecule has 4 aliphatic heterocycles. The van der Waals surface area contributed by atoms with Gasteiger partial charge >= 0.3 is 12.0 Å². The van der Waals surface area contributed by atoms with E-state index in [1.54, 1.807) is 12.0 Å². The van der Waals surface area contributed by atoms with Crippen molar-refractivity contribution in [3.05, 3.63) is 52.1 Å². The van der Waals surface area contributed by atoms with Crippen molar-refractivity contribution in [2.75, 3.05) is 64.9 Å². The molecule has 7 heterocycles. The third-order valence-corrected chi connectivity index (χ3v) is 13.5. The molecule has 0 radical (unpaired) electrons. The molecule has 3 fully saturated rings. The first-order chi connectivity index (χ1) is 28.3. The van der Waals surface area contributed by atoms with Gasteiger partial charge in [-0.3, -0.25) is 19.6 Å². The van der Waals surface area contributed by atoms with Crippen LogP contribution >= 0.6 is 11.3 Å². The monoisotopic (exact) mass is 825 g/mol. The number of hydrazine groups is 1. The van der Waals surface area contributed by atoms with Crippen LogP contribution in [0.5, 0.6) is 0 Å². The Morgan fingerprint density at radius 2 is 1.92 bits per heavy atom. The van der Waals surface area contributed by atoms with Crippen molar-refractivity contribution in [3.63, 3.8) is 0 Å². The summed E-state index contributed by atoms with van der Waals surface area (Å²) in [5, 5.41) is 8.39. The first kappa shape index (κ1) is 41.2. The number of thiazole rings is 1. The van der Waals surface area contributed by atoms with Gasteiger partial charge in [-0.05, 0) is 77.3 Å². The van der Waals surface area contributed by atoms with Gasteiger partial charge in [0.1, 0.15) is 12.1 Å². The smallest absolute Gasteiger partial charge is 0.324 e. The summed E-state index contributed by atoms with van der Waals surface area (Å²) in [4.78, 5) is 58.1. The molecule has 15 heteroatoms.